The Morgan fingerprint density at radius 1 is 1.07 bits per heavy atom. The number of thiazole rings is 1. The number of methoxy groups -OCH3 is 1. The summed E-state index contributed by atoms with van der Waals surface area (Å²) in [6.07, 6.45) is 0.683. The van der Waals surface area contributed by atoms with Crippen molar-refractivity contribution in [1.29, 1.82) is 0 Å². The van der Waals surface area contributed by atoms with Gasteiger partial charge in [0, 0.05) is 23.9 Å². The standard InChI is InChI=1S/C21H22N2O3S/c1-15-3-7-19(8-4-15)26-13-20(24)22-12-11-17-14-27-21(23-17)16-5-9-18(25-2)10-6-16/h3-10,14H,11-13H2,1-2H3,(H,22,24). The topological polar surface area (TPSA) is 60.5 Å². The van der Waals surface area contributed by atoms with Gasteiger partial charge in [-0.1, -0.05) is 17.7 Å². The van der Waals surface area contributed by atoms with E-state index in [4.69, 9.17) is 9.47 Å². The number of amides is 1. The van der Waals surface area contributed by atoms with E-state index in [0.717, 1.165) is 27.6 Å². The van der Waals surface area contributed by atoms with Crippen LogP contribution in [0.15, 0.2) is 53.9 Å². The summed E-state index contributed by atoms with van der Waals surface area (Å²) in [7, 11) is 1.65. The van der Waals surface area contributed by atoms with Crippen LogP contribution < -0.4 is 14.8 Å². The Labute approximate surface area is 163 Å². The molecular formula is C21H22N2O3S. The largest absolute Gasteiger partial charge is 0.497 e. The quantitative estimate of drug-likeness (QED) is 0.643. The van der Waals surface area contributed by atoms with E-state index in [1.54, 1.807) is 18.4 Å². The molecule has 5 nitrogen and oxygen atoms in total. The van der Waals surface area contributed by atoms with Crippen molar-refractivity contribution in [3.63, 3.8) is 0 Å². The van der Waals surface area contributed by atoms with Gasteiger partial charge in [-0.25, -0.2) is 4.98 Å². The van der Waals surface area contributed by atoms with Gasteiger partial charge in [0.05, 0.1) is 12.8 Å². The summed E-state index contributed by atoms with van der Waals surface area (Å²) in [5, 5.41) is 5.84. The van der Waals surface area contributed by atoms with Crippen molar-refractivity contribution < 1.29 is 14.3 Å². The summed E-state index contributed by atoms with van der Waals surface area (Å²) in [5.41, 5.74) is 3.18. The van der Waals surface area contributed by atoms with E-state index in [0.29, 0.717) is 18.7 Å². The molecule has 0 saturated carbocycles. The highest BCUT2D eigenvalue weighted by molar-refractivity contribution is 7.13. The predicted molar refractivity (Wildman–Crippen MR) is 107 cm³/mol. The van der Waals surface area contributed by atoms with Crippen LogP contribution in [0.5, 0.6) is 11.5 Å². The van der Waals surface area contributed by atoms with Gasteiger partial charge in [0.2, 0.25) is 0 Å². The molecule has 0 bridgehead atoms. The fourth-order valence-corrected chi connectivity index (χ4v) is 3.31. The normalized spacial score (nSPS) is 10.4. The van der Waals surface area contributed by atoms with E-state index < -0.39 is 0 Å². The second kappa shape index (κ2) is 9.19. The lowest BCUT2D eigenvalue weighted by Crippen LogP contribution is -2.30. The van der Waals surface area contributed by atoms with Crippen LogP contribution in [-0.4, -0.2) is 31.2 Å². The zero-order chi connectivity index (χ0) is 19.1. The number of nitrogens with one attached hydrogen (secondary N) is 1. The fraction of sp³-hybridized carbons (Fsp3) is 0.238. The third-order valence-electron chi connectivity index (χ3n) is 3.98. The van der Waals surface area contributed by atoms with Crippen LogP contribution in [0.3, 0.4) is 0 Å². The van der Waals surface area contributed by atoms with E-state index in [-0.39, 0.29) is 12.5 Å². The van der Waals surface area contributed by atoms with E-state index in [1.807, 2.05) is 60.8 Å². The fourth-order valence-electron chi connectivity index (χ4n) is 2.45. The van der Waals surface area contributed by atoms with Gasteiger partial charge in [-0.3, -0.25) is 4.79 Å². The second-order valence-electron chi connectivity index (χ2n) is 6.07. The molecule has 0 spiro atoms. The number of hydrogen-bond donors (Lipinski definition) is 1. The maximum absolute atomic E-state index is 11.9. The Morgan fingerprint density at radius 3 is 2.48 bits per heavy atom. The van der Waals surface area contributed by atoms with Crippen LogP contribution in [0, 0.1) is 6.92 Å². The van der Waals surface area contributed by atoms with Gasteiger partial charge in [0.25, 0.3) is 5.91 Å². The van der Waals surface area contributed by atoms with Gasteiger partial charge in [-0.15, -0.1) is 11.3 Å². The number of carbonyl (C=O) groups is 1. The Balaban J connectivity index is 1.43. The molecule has 0 radical (unpaired) electrons. The number of nitrogens with zero attached hydrogens (tertiary/aromatic N) is 1. The van der Waals surface area contributed by atoms with E-state index in [9.17, 15) is 4.79 Å². The molecule has 0 aliphatic rings. The summed E-state index contributed by atoms with van der Waals surface area (Å²) in [6.45, 7) is 2.55. The summed E-state index contributed by atoms with van der Waals surface area (Å²) in [4.78, 5) is 16.5. The van der Waals surface area contributed by atoms with Crippen molar-refractivity contribution >= 4 is 17.2 Å². The number of ether oxygens (including phenoxy) is 2. The average Bonchev–Trinajstić information content (AvgIpc) is 3.16. The first-order chi connectivity index (χ1) is 13.1. The van der Waals surface area contributed by atoms with Crippen molar-refractivity contribution in [1.82, 2.24) is 10.3 Å². The zero-order valence-corrected chi connectivity index (χ0v) is 16.2. The maximum Gasteiger partial charge on any atom is 0.257 e. The Bertz CT molecular complexity index is 873. The molecule has 1 heterocycles. The number of aryl methyl sites for hydroxylation is 1. The lowest BCUT2D eigenvalue weighted by atomic mass is 10.2. The molecule has 27 heavy (non-hydrogen) atoms. The lowest BCUT2D eigenvalue weighted by Gasteiger charge is -2.07. The molecule has 1 N–H and O–H groups in total. The first-order valence-corrected chi connectivity index (χ1v) is 9.57. The number of rotatable bonds is 8. The van der Waals surface area contributed by atoms with Crippen molar-refractivity contribution in [2.24, 2.45) is 0 Å². The first-order valence-electron chi connectivity index (χ1n) is 8.69. The molecule has 0 aliphatic heterocycles. The molecule has 2 aromatic carbocycles. The minimum absolute atomic E-state index is 0.0111. The van der Waals surface area contributed by atoms with Crippen LogP contribution in [0.2, 0.25) is 0 Å². The highest BCUT2D eigenvalue weighted by atomic mass is 32.1. The summed E-state index contributed by atoms with van der Waals surface area (Å²) in [5.74, 6) is 1.38. The molecule has 0 fully saturated rings. The molecule has 0 saturated heterocycles. The molecule has 6 heteroatoms. The highest BCUT2D eigenvalue weighted by Crippen LogP contribution is 2.25. The number of benzene rings is 2. The minimum atomic E-state index is -0.138. The monoisotopic (exact) mass is 382 g/mol. The number of carbonyl (C=O) groups excluding carboxylic acids is 1. The number of aromatic nitrogens is 1. The van der Waals surface area contributed by atoms with Crippen LogP contribution in [0.1, 0.15) is 11.3 Å². The minimum Gasteiger partial charge on any atom is -0.497 e. The molecule has 0 atom stereocenters. The van der Waals surface area contributed by atoms with Gasteiger partial charge in [0.15, 0.2) is 6.61 Å². The van der Waals surface area contributed by atoms with Gasteiger partial charge < -0.3 is 14.8 Å². The van der Waals surface area contributed by atoms with Crippen molar-refractivity contribution in [3.05, 3.63) is 65.2 Å². The molecule has 1 amide bonds. The van der Waals surface area contributed by atoms with Crippen LogP contribution in [0.25, 0.3) is 10.6 Å². The van der Waals surface area contributed by atoms with Crippen molar-refractivity contribution in [3.8, 4) is 22.1 Å². The maximum atomic E-state index is 11.9. The van der Waals surface area contributed by atoms with Crippen molar-refractivity contribution in [2.75, 3.05) is 20.3 Å². The first kappa shape index (κ1) is 18.9. The SMILES string of the molecule is COc1ccc(-c2nc(CCNC(=O)COc3ccc(C)cc3)cs2)cc1. The Hall–Kier alpha value is -2.86. The van der Waals surface area contributed by atoms with E-state index >= 15 is 0 Å². The molecule has 140 valence electrons. The van der Waals surface area contributed by atoms with Gasteiger partial charge in [0.1, 0.15) is 16.5 Å². The third kappa shape index (κ3) is 5.56. The number of hydrogen-bond acceptors (Lipinski definition) is 5. The summed E-state index contributed by atoms with van der Waals surface area (Å²) < 4.78 is 10.6. The molecule has 3 aromatic rings. The smallest absolute Gasteiger partial charge is 0.257 e. The van der Waals surface area contributed by atoms with E-state index in [2.05, 4.69) is 10.3 Å². The van der Waals surface area contributed by atoms with E-state index in [1.165, 1.54) is 0 Å². The molecule has 3 rings (SSSR count). The molecular weight excluding hydrogens is 360 g/mol. The van der Waals surface area contributed by atoms with Gasteiger partial charge >= 0.3 is 0 Å². The molecule has 1 aromatic heterocycles. The molecule has 0 unspecified atom stereocenters. The summed E-state index contributed by atoms with van der Waals surface area (Å²) >= 11 is 1.59. The third-order valence-corrected chi connectivity index (χ3v) is 4.92. The lowest BCUT2D eigenvalue weighted by molar-refractivity contribution is -0.123. The predicted octanol–water partition coefficient (Wildman–Crippen LogP) is 3.86. The highest BCUT2D eigenvalue weighted by Gasteiger charge is 2.07. The summed E-state index contributed by atoms with van der Waals surface area (Å²) in [6, 6.07) is 15.5. The molecule has 0 aliphatic carbocycles. The van der Waals surface area contributed by atoms with Crippen LogP contribution >= 0.6 is 11.3 Å². The average molecular weight is 382 g/mol. The van der Waals surface area contributed by atoms with Crippen molar-refractivity contribution in [2.45, 2.75) is 13.3 Å². The Morgan fingerprint density at radius 2 is 1.78 bits per heavy atom. The second-order valence-corrected chi connectivity index (χ2v) is 6.93. The van der Waals surface area contributed by atoms with Crippen LogP contribution in [0.4, 0.5) is 0 Å². The Kier molecular flexibility index (Phi) is 6.44. The van der Waals surface area contributed by atoms with Gasteiger partial charge in [-0.05, 0) is 43.3 Å². The van der Waals surface area contributed by atoms with Crippen LogP contribution in [-0.2, 0) is 11.2 Å². The zero-order valence-electron chi connectivity index (χ0n) is 15.4. The van der Waals surface area contributed by atoms with Gasteiger partial charge in [-0.2, -0.15) is 0 Å².